The molecule has 1 unspecified atom stereocenters. The van der Waals surface area contributed by atoms with Crippen molar-refractivity contribution in [2.24, 2.45) is 0 Å². The molecular weight excluding hydrogens is 146 g/mol. The Hall–Kier alpha value is -0.190. The molecule has 0 saturated carbocycles. The van der Waals surface area contributed by atoms with Crippen molar-refractivity contribution in [1.29, 1.82) is 0 Å². The van der Waals surface area contributed by atoms with E-state index in [1.165, 1.54) is 12.8 Å². The Morgan fingerprint density at radius 3 is 2.90 bits per heavy atom. The standard InChI is InChI=1S/C8H13N.ClH/c1-2-3-5-8-6-4-7-9-8;/h8-9H,2,4,6-7H2,1H3;1H. The van der Waals surface area contributed by atoms with Crippen LogP contribution in [0.25, 0.3) is 0 Å². The smallest absolute Gasteiger partial charge is 0.0690 e. The second-order valence-corrected chi connectivity index (χ2v) is 2.32. The second-order valence-electron chi connectivity index (χ2n) is 2.32. The predicted molar refractivity (Wildman–Crippen MR) is 46.3 cm³/mol. The molecule has 0 radical (unpaired) electrons. The highest BCUT2D eigenvalue weighted by molar-refractivity contribution is 5.85. The summed E-state index contributed by atoms with van der Waals surface area (Å²) in [5.41, 5.74) is 0. The number of hydrogen-bond donors (Lipinski definition) is 1. The lowest BCUT2D eigenvalue weighted by Crippen LogP contribution is -2.18. The number of halogens is 1. The number of nitrogens with one attached hydrogen (secondary N) is 1. The highest BCUT2D eigenvalue weighted by atomic mass is 35.5. The fourth-order valence-corrected chi connectivity index (χ4v) is 1.03. The number of hydrogen-bond acceptors (Lipinski definition) is 1. The molecule has 58 valence electrons. The molecular formula is C8H14ClN. The van der Waals surface area contributed by atoms with Gasteiger partial charge in [0.1, 0.15) is 0 Å². The van der Waals surface area contributed by atoms with Crippen LogP contribution in [0.15, 0.2) is 0 Å². The minimum absolute atomic E-state index is 0. The maximum atomic E-state index is 3.32. The summed E-state index contributed by atoms with van der Waals surface area (Å²) in [6, 6.07) is 0.505. The number of rotatable bonds is 0. The predicted octanol–water partition coefficient (Wildman–Crippen LogP) is 1.57. The largest absolute Gasteiger partial charge is 0.304 e. The van der Waals surface area contributed by atoms with Crippen LogP contribution >= 0.6 is 12.4 Å². The van der Waals surface area contributed by atoms with E-state index in [2.05, 4.69) is 24.1 Å². The van der Waals surface area contributed by atoms with E-state index >= 15 is 0 Å². The van der Waals surface area contributed by atoms with Gasteiger partial charge in [-0.05, 0) is 19.4 Å². The van der Waals surface area contributed by atoms with Gasteiger partial charge in [0.05, 0.1) is 6.04 Å². The molecule has 1 nitrogen and oxygen atoms in total. The Morgan fingerprint density at radius 1 is 1.60 bits per heavy atom. The van der Waals surface area contributed by atoms with Gasteiger partial charge in [-0.15, -0.1) is 18.3 Å². The normalized spacial score (nSPS) is 22.7. The van der Waals surface area contributed by atoms with E-state index in [1.54, 1.807) is 0 Å². The summed E-state index contributed by atoms with van der Waals surface area (Å²) in [6.07, 6.45) is 3.52. The van der Waals surface area contributed by atoms with Crippen LogP contribution in [0.1, 0.15) is 26.2 Å². The first-order valence-corrected chi connectivity index (χ1v) is 3.65. The first kappa shape index (κ1) is 9.81. The van der Waals surface area contributed by atoms with Gasteiger partial charge in [-0.2, -0.15) is 0 Å². The molecule has 1 aliphatic rings. The third kappa shape index (κ3) is 3.10. The first-order valence-electron chi connectivity index (χ1n) is 3.65. The van der Waals surface area contributed by atoms with Crippen molar-refractivity contribution in [2.75, 3.05) is 6.54 Å². The maximum Gasteiger partial charge on any atom is 0.0690 e. The minimum Gasteiger partial charge on any atom is -0.304 e. The monoisotopic (exact) mass is 159 g/mol. The zero-order valence-corrected chi connectivity index (χ0v) is 7.13. The fourth-order valence-electron chi connectivity index (χ4n) is 1.03. The SMILES string of the molecule is CCC#CC1CCCN1.Cl. The molecule has 1 rings (SSSR count). The van der Waals surface area contributed by atoms with Gasteiger partial charge in [0.25, 0.3) is 0 Å². The van der Waals surface area contributed by atoms with Gasteiger partial charge >= 0.3 is 0 Å². The molecule has 0 aromatic carbocycles. The Morgan fingerprint density at radius 2 is 2.40 bits per heavy atom. The molecule has 2 heteroatoms. The average Bonchev–Trinajstić information content (AvgIpc) is 2.34. The molecule has 0 bridgehead atoms. The average molecular weight is 160 g/mol. The highest BCUT2D eigenvalue weighted by Gasteiger charge is 2.09. The van der Waals surface area contributed by atoms with Crippen molar-refractivity contribution < 1.29 is 0 Å². The van der Waals surface area contributed by atoms with Gasteiger partial charge in [0, 0.05) is 6.42 Å². The molecule has 1 atom stereocenters. The third-order valence-corrected chi connectivity index (χ3v) is 1.51. The molecule has 0 spiro atoms. The third-order valence-electron chi connectivity index (χ3n) is 1.51. The van der Waals surface area contributed by atoms with Crippen molar-refractivity contribution in [2.45, 2.75) is 32.2 Å². The summed E-state index contributed by atoms with van der Waals surface area (Å²) in [7, 11) is 0. The zero-order chi connectivity index (χ0) is 6.53. The zero-order valence-electron chi connectivity index (χ0n) is 6.31. The fraction of sp³-hybridized carbons (Fsp3) is 0.750. The van der Waals surface area contributed by atoms with Gasteiger partial charge in [0.2, 0.25) is 0 Å². The second kappa shape index (κ2) is 5.58. The lowest BCUT2D eigenvalue weighted by molar-refractivity contribution is 0.748. The molecule has 1 heterocycles. The van der Waals surface area contributed by atoms with Gasteiger partial charge in [-0.1, -0.05) is 12.8 Å². The molecule has 0 aromatic rings. The Balaban J connectivity index is 0.000000810. The minimum atomic E-state index is 0. The van der Waals surface area contributed by atoms with E-state index in [1.807, 2.05) is 0 Å². The Labute approximate surface area is 69.0 Å². The summed E-state index contributed by atoms with van der Waals surface area (Å²) in [5.74, 6) is 6.25. The van der Waals surface area contributed by atoms with Crippen LogP contribution in [0.3, 0.4) is 0 Å². The van der Waals surface area contributed by atoms with Crippen LogP contribution in [0.4, 0.5) is 0 Å². The van der Waals surface area contributed by atoms with Gasteiger partial charge in [-0.25, -0.2) is 0 Å². The molecule has 1 fully saturated rings. The molecule has 0 aromatic heterocycles. The Kier molecular flexibility index (Phi) is 5.48. The van der Waals surface area contributed by atoms with Crippen molar-refractivity contribution in [3.63, 3.8) is 0 Å². The molecule has 1 N–H and O–H groups in total. The van der Waals surface area contributed by atoms with E-state index in [4.69, 9.17) is 0 Å². The first-order chi connectivity index (χ1) is 4.43. The van der Waals surface area contributed by atoms with Crippen LogP contribution in [-0.2, 0) is 0 Å². The quantitative estimate of drug-likeness (QED) is 0.530. The van der Waals surface area contributed by atoms with E-state index in [-0.39, 0.29) is 12.4 Å². The van der Waals surface area contributed by atoms with Crippen molar-refractivity contribution in [3.05, 3.63) is 0 Å². The molecule has 0 amide bonds. The van der Waals surface area contributed by atoms with E-state index in [0.717, 1.165) is 13.0 Å². The van der Waals surface area contributed by atoms with Gasteiger partial charge in [0.15, 0.2) is 0 Å². The van der Waals surface area contributed by atoms with Crippen molar-refractivity contribution in [1.82, 2.24) is 5.32 Å². The Bertz CT molecular complexity index is 128. The summed E-state index contributed by atoms with van der Waals surface area (Å²) >= 11 is 0. The molecule has 1 saturated heterocycles. The van der Waals surface area contributed by atoms with Gasteiger partial charge in [-0.3, -0.25) is 0 Å². The summed E-state index contributed by atoms with van der Waals surface area (Å²) in [4.78, 5) is 0. The lowest BCUT2D eigenvalue weighted by atomic mass is 10.2. The van der Waals surface area contributed by atoms with E-state index < -0.39 is 0 Å². The summed E-state index contributed by atoms with van der Waals surface area (Å²) in [6.45, 7) is 3.24. The van der Waals surface area contributed by atoms with E-state index in [0.29, 0.717) is 6.04 Å². The summed E-state index contributed by atoms with van der Waals surface area (Å²) < 4.78 is 0. The van der Waals surface area contributed by atoms with Crippen LogP contribution < -0.4 is 5.32 Å². The van der Waals surface area contributed by atoms with Crippen LogP contribution in [0.5, 0.6) is 0 Å². The van der Waals surface area contributed by atoms with Crippen LogP contribution in [0.2, 0.25) is 0 Å². The molecule has 0 aliphatic carbocycles. The topological polar surface area (TPSA) is 12.0 Å². The van der Waals surface area contributed by atoms with Crippen molar-refractivity contribution in [3.8, 4) is 11.8 Å². The summed E-state index contributed by atoms with van der Waals surface area (Å²) in [5, 5.41) is 3.32. The van der Waals surface area contributed by atoms with Gasteiger partial charge < -0.3 is 5.32 Å². The lowest BCUT2D eigenvalue weighted by Gasteiger charge is -1.96. The molecule has 1 aliphatic heterocycles. The highest BCUT2D eigenvalue weighted by Crippen LogP contribution is 2.02. The van der Waals surface area contributed by atoms with Crippen molar-refractivity contribution >= 4 is 12.4 Å². The van der Waals surface area contributed by atoms with Crippen LogP contribution in [-0.4, -0.2) is 12.6 Å². The molecule has 10 heavy (non-hydrogen) atoms. The maximum absolute atomic E-state index is 3.32. The van der Waals surface area contributed by atoms with Crippen LogP contribution in [0, 0.1) is 11.8 Å². The van der Waals surface area contributed by atoms with E-state index in [9.17, 15) is 0 Å².